The van der Waals surface area contributed by atoms with Crippen LogP contribution in [0.1, 0.15) is 18.4 Å². The van der Waals surface area contributed by atoms with Crippen LogP contribution in [0.2, 0.25) is 5.02 Å². The van der Waals surface area contributed by atoms with Gasteiger partial charge < -0.3 is 0 Å². The Morgan fingerprint density at radius 3 is 2.60 bits per heavy atom. The molecule has 98 valence electrons. The normalized spacial score (nSPS) is 12.0. The number of hydrogen-bond donors (Lipinski definition) is 0. The van der Waals surface area contributed by atoms with Crippen molar-refractivity contribution in [3.05, 3.63) is 59.1 Å². The number of carbonyl (C=O) groups excluding carboxylic acids is 1. The van der Waals surface area contributed by atoms with Gasteiger partial charge in [-0.3, -0.25) is 0 Å². The molecule has 2 aromatic rings. The third-order valence-corrected chi connectivity index (χ3v) is 4.64. The second-order valence-electron chi connectivity index (χ2n) is 4.26. The predicted molar refractivity (Wildman–Crippen MR) is 82.3 cm³/mol. The quantitative estimate of drug-likeness (QED) is 0.789. The zero-order valence-corrected chi connectivity index (χ0v) is 13.6. The van der Waals surface area contributed by atoms with Crippen molar-refractivity contribution in [1.82, 2.24) is 0 Å². The van der Waals surface area contributed by atoms with Gasteiger partial charge in [0.1, 0.15) is 0 Å². The molecule has 0 aromatic heterocycles. The Balaban J connectivity index is 2.27. The molecule has 20 heavy (non-hydrogen) atoms. The molecule has 0 N–H and O–H groups in total. The van der Waals surface area contributed by atoms with Crippen molar-refractivity contribution in [2.75, 3.05) is 0 Å². The van der Waals surface area contributed by atoms with Gasteiger partial charge in [-0.1, -0.05) is 0 Å². The molecule has 2 rings (SSSR count). The Morgan fingerprint density at radius 2 is 1.95 bits per heavy atom. The van der Waals surface area contributed by atoms with Crippen LogP contribution in [0.3, 0.4) is 0 Å². The number of halogens is 1. The monoisotopic (exact) mass is 318 g/mol. The van der Waals surface area contributed by atoms with Crippen LogP contribution in [0.25, 0.3) is 0 Å². The van der Waals surface area contributed by atoms with Gasteiger partial charge in [0.05, 0.1) is 0 Å². The molecule has 0 amide bonds. The molecule has 0 spiro atoms. The summed E-state index contributed by atoms with van der Waals surface area (Å²) in [6.07, 6.45) is 0. The van der Waals surface area contributed by atoms with Gasteiger partial charge in [0.15, 0.2) is 0 Å². The van der Waals surface area contributed by atoms with Crippen LogP contribution in [0, 0.1) is 0 Å². The third-order valence-electron chi connectivity index (χ3n) is 2.90. The predicted octanol–water partition coefficient (Wildman–Crippen LogP) is 4.22. The molecule has 0 saturated heterocycles. The van der Waals surface area contributed by atoms with E-state index < -0.39 is 0 Å². The topological polar surface area (TPSA) is 26.3 Å². The number of carbonyl (C=O) groups is 1. The van der Waals surface area contributed by atoms with Gasteiger partial charge in [-0.05, 0) is 0 Å². The second kappa shape index (κ2) is 7.19. The molecule has 0 aliphatic heterocycles. The van der Waals surface area contributed by atoms with Crippen molar-refractivity contribution >= 4 is 46.0 Å². The maximum atomic E-state index is 11.6. The Bertz CT molecular complexity index is 604. The van der Waals surface area contributed by atoms with E-state index in [1.807, 2.05) is 72.1 Å². The SMILES string of the molecule is CC(C(=O)[O][Al+2])c1ccc(Cl)c(Sc2ccccc2)c1. The average Bonchev–Trinajstić information content (AvgIpc) is 2.49. The molecular formula is C15H12AlClO2S+2. The molecule has 2 nitrogen and oxygen atoms in total. The van der Waals surface area contributed by atoms with Gasteiger partial charge in [-0.2, -0.15) is 0 Å². The van der Waals surface area contributed by atoms with Gasteiger partial charge in [0, 0.05) is 0 Å². The molecule has 0 saturated carbocycles. The van der Waals surface area contributed by atoms with Crippen LogP contribution in [0.5, 0.6) is 0 Å². The first kappa shape index (κ1) is 15.5. The molecule has 0 heterocycles. The number of hydrogen-bond acceptors (Lipinski definition) is 3. The van der Waals surface area contributed by atoms with Gasteiger partial charge in [-0.25, -0.2) is 0 Å². The summed E-state index contributed by atoms with van der Waals surface area (Å²) < 4.78 is 4.69. The third kappa shape index (κ3) is 3.80. The van der Waals surface area contributed by atoms with Crippen molar-refractivity contribution in [1.29, 1.82) is 0 Å². The van der Waals surface area contributed by atoms with Gasteiger partial charge >= 0.3 is 136 Å². The van der Waals surface area contributed by atoms with Crippen LogP contribution >= 0.6 is 23.4 Å². The molecule has 0 bridgehead atoms. The standard InChI is InChI=1S/C15H13ClO2S.Al/c1-10(15(17)18)11-7-8-13(16)14(9-11)19-12-5-3-2-4-6-12;/h2-10H,1H3,(H,17,18);/q;+3/p-1. The van der Waals surface area contributed by atoms with Gasteiger partial charge in [0.25, 0.3) is 0 Å². The first-order valence-electron chi connectivity index (χ1n) is 6.04. The van der Waals surface area contributed by atoms with Crippen LogP contribution in [0.15, 0.2) is 58.3 Å². The van der Waals surface area contributed by atoms with E-state index in [-0.39, 0.29) is 11.9 Å². The van der Waals surface area contributed by atoms with Gasteiger partial charge in [-0.15, -0.1) is 0 Å². The Morgan fingerprint density at radius 1 is 1.25 bits per heavy atom. The minimum atomic E-state index is -0.320. The van der Waals surface area contributed by atoms with Crippen molar-refractivity contribution in [2.45, 2.75) is 22.6 Å². The van der Waals surface area contributed by atoms with E-state index in [0.717, 1.165) is 15.4 Å². The van der Waals surface area contributed by atoms with E-state index in [2.05, 4.69) is 0 Å². The molecular weight excluding hydrogens is 307 g/mol. The minimum absolute atomic E-state index is 0.284. The summed E-state index contributed by atoms with van der Waals surface area (Å²) in [5, 5.41) is 0.675. The Kier molecular flexibility index (Phi) is 5.57. The second-order valence-corrected chi connectivity index (χ2v) is 6.02. The summed E-state index contributed by atoms with van der Waals surface area (Å²) >= 11 is 9.78. The zero-order valence-electron chi connectivity index (χ0n) is 10.9. The molecule has 0 fully saturated rings. The molecule has 5 heteroatoms. The maximum absolute atomic E-state index is 11.6. The molecule has 0 aliphatic rings. The molecule has 1 unspecified atom stereocenters. The van der Waals surface area contributed by atoms with Crippen molar-refractivity contribution in [3.8, 4) is 0 Å². The van der Waals surface area contributed by atoms with Crippen LogP contribution in [-0.2, 0) is 8.58 Å². The van der Waals surface area contributed by atoms with Crippen molar-refractivity contribution in [3.63, 3.8) is 0 Å². The van der Waals surface area contributed by atoms with E-state index in [1.54, 1.807) is 11.8 Å². The first-order chi connectivity index (χ1) is 9.61. The Labute approximate surface area is 136 Å². The summed E-state index contributed by atoms with van der Waals surface area (Å²) in [5.41, 5.74) is 0.889. The fourth-order valence-corrected chi connectivity index (χ4v) is 3.07. The first-order valence-corrected chi connectivity index (χ1v) is 7.71. The Hall–Kier alpha value is -0.918. The molecule has 0 radical (unpaired) electrons. The van der Waals surface area contributed by atoms with Crippen molar-refractivity contribution in [2.24, 2.45) is 0 Å². The van der Waals surface area contributed by atoms with Gasteiger partial charge in [0.2, 0.25) is 0 Å². The van der Waals surface area contributed by atoms with Crippen LogP contribution < -0.4 is 0 Å². The fraction of sp³-hybridized carbons (Fsp3) is 0.133. The summed E-state index contributed by atoms with van der Waals surface area (Å²) in [7, 11) is 0. The summed E-state index contributed by atoms with van der Waals surface area (Å²) in [4.78, 5) is 13.6. The van der Waals surface area contributed by atoms with Crippen molar-refractivity contribution < 1.29 is 8.58 Å². The van der Waals surface area contributed by atoms with E-state index in [0.29, 0.717) is 5.02 Å². The molecule has 1 atom stereocenters. The van der Waals surface area contributed by atoms with Crippen LogP contribution in [0.4, 0.5) is 0 Å². The number of benzene rings is 2. The van der Waals surface area contributed by atoms with E-state index in [9.17, 15) is 4.79 Å². The molecule has 0 aliphatic carbocycles. The van der Waals surface area contributed by atoms with Crippen LogP contribution in [-0.4, -0.2) is 22.6 Å². The summed E-state index contributed by atoms with van der Waals surface area (Å²) in [6, 6.07) is 15.6. The summed E-state index contributed by atoms with van der Waals surface area (Å²) in [6.45, 7) is 1.81. The molecule has 2 aromatic carbocycles. The van der Waals surface area contributed by atoms with E-state index >= 15 is 0 Å². The van der Waals surface area contributed by atoms with E-state index in [1.165, 1.54) is 0 Å². The average molecular weight is 319 g/mol. The van der Waals surface area contributed by atoms with E-state index in [4.69, 9.17) is 15.4 Å². The summed E-state index contributed by atoms with van der Waals surface area (Å²) in [5.74, 6) is -0.604. The fourth-order valence-electron chi connectivity index (χ4n) is 1.72. The number of rotatable bonds is 4. The zero-order chi connectivity index (χ0) is 14.5.